The van der Waals surface area contributed by atoms with Gasteiger partial charge in [0.1, 0.15) is 5.56 Å². The van der Waals surface area contributed by atoms with Crippen LogP contribution in [0.5, 0.6) is 0 Å². The molecular weight excluding hydrogens is 311 g/mol. The molecule has 126 valence electrons. The highest BCUT2D eigenvalue weighted by Crippen LogP contribution is 2.54. The topological polar surface area (TPSA) is 55.3 Å². The molecule has 3 rings (SSSR count). The third-order valence-corrected chi connectivity index (χ3v) is 4.94. The van der Waals surface area contributed by atoms with Gasteiger partial charge in [0.15, 0.2) is 11.5 Å². The summed E-state index contributed by atoms with van der Waals surface area (Å²) in [7, 11) is 1.15. The lowest BCUT2D eigenvalue weighted by Crippen LogP contribution is -2.37. The smallest absolute Gasteiger partial charge is 0.435 e. The number of aromatic nitrogens is 2. The Morgan fingerprint density at radius 3 is 2.26 bits per heavy atom. The first-order valence-electron chi connectivity index (χ1n) is 7.55. The molecule has 5 nitrogen and oxygen atoms in total. The van der Waals surface area contributed by atoms with E-state index in [1.165, 1.54) is 19.8 Å². The fraction of sp³-hybridized carbons (Fsp3) is 0.667. The van der Waals surface area contributed by atoms with Crippen molar-refractivity contribution in [3.05, 3.63) is 16.8 Å². The second-order valence-electron chi connectivity index (χ2n) is 6.35. The average Bonchev–Trinajstić information content (AvgIpc) is 3.25. The van der Waals surface area contributed by atoms with Crippen molar-refractivity contribution in [2.24, 2.45) is 5.41 Å². The van der Waals surface area contributed by atoms with Crippen LogP contribution in [-0.4, -0.2) is 36.4 Å². The minimum Gasteiger partial charge on any atom is -0.465 e. The zero-order valence-corrected chi connectivity index (χ0v) is 13.0. The van der Waals surface area contributed by atoms with Gasteiger partial charge in [-0.05, 0) is 38.0 Å². The van der Waals surface area contributed by atoms with Crippen molar-refractivity contribution < 1.29 is 22.7 Å². The van der Waals surface area contributed by atoms with Gasteiger partial charge in [0, 0.05) is 18.7 Å². The zero-order chi connectivity index (χ0) is 16.8. The van der Waals surface area contributed by atoms with Gasteiger partial charge in [0.05, 0.1) is 7.11 Å². The Bertz CT molecular complexity index is 632. The number of alkyl halides is 3. The van der Waals surface area contributed by atoms with Gasteiger partial charge in [-0.15, -0.1) is 10.2 Å². The third kappa shape index (κ3) is 2.86. The van der Waals surface area contributed by atoms with Gasteiger partial charge in [-0.3, -0.25) is 0 Å². The predicted octanol–water partition coefficient (Wildman–Crippen LogP) is 2.97. The molecule has 0 amide bonds. The average molecular weight is 329 g/mol. The van der Waals surface area contributed by atoms with Crippen LogP contribution in [-0.2, 0) is 10.9 Å². The highest BCUT2D eigenvalue weighted by Gasteiger charge is 2.45. The maximum Gasteiger partial charge on any atom is 0.435 e. The van der Waals surface area contributed by atoms with Crippen LogP contribution in [0.15, 0.2) is 0 Å². The molecule has 0 N–H and O–H groups in total. The molecule has 1 saturated heterocycles. The number of esters is 1. The van der Waals surface area contributed by atoms with E-state index in [1.54, 1.807) is 0 Å². The first kappa shape index (κ1) is 16.0. The van der Waals surface area contributed by atoms with Gasteiger partial charge in [-0.2, -0.15) is 13.2 Å². The Hall–Kier alpha value is -1.86. The first-order chi connectivity index (χ1) is 10.8. The van der Waals surface area contributed by atoms with E-state index in [0.29, 0.717) is 18.5 Å². The second-order valence-corrected chi connectivity index (χ2v) is 6.35. The molecule has 1 aromatic rings. The van der Waals surface area contributed by atoms with Gasteiger partial charge in [-0.1, -0.05) is 0 Å². The number of anilines is 1. The van der Waals surface area contributed by atoms with Crippen LogP contribution in [0, 0.1) is 12.3 Å². The van der Waals surface area contributed by atoms with E-state index in [2.05, 4.69) is 14.9 Å². The van der Waals surface area contributed by atoms with Gasteiger partial charge >= 0.3 is 12.1 Å². The molecule has 0 atom stereocenters. The number of piperidine rings is 1. The van der Waals surface area contributed by atoms with Gasteiger partial charge < -0.3 is 9.64 Å². The molecule has 2 aliphatic rings. The molecular formula is C15H18F3N3O2. The minimum absolute atomic E-state index is 0.137. The lowest BCUT2D eigenvalue weighted by molar-refractivity contribution is -0.142. The summed E-state index contributed by atoms with van der Waals surface area (Å²) in [6.07, 6.45) is -0.298. The Balaban J connectivity index is 1.99. The van der Waals surface area contributed by atoms with Crippen molar-refractivity contribution in [1.82, 2.24) is 10.2 Å². The summed E-state index contributed by atoms with van der Waals surface area (Å²) in [5.41, 5.74) is -1.10. The molecule has 1 aromatic heterocycles. The number of methoxy groups -OCH3 is 1. The maximum absolute atomic E-state index is 13.0. The molecule has 1 aliphatic carbocycles. The van der Waals surface area contributed by atoms with Crippen molar-refractivity contribution in [2.45, 2.75) is 38.8 Å². The predicted molar refractivity (Wildman–Crippen MR) is 76.2 cm³/mol. The molecule has 8 heteroatoms. The number of hydrogen-bond acceptors (Lipinski definition) is 5. The summed E-state index contributed by atoms with van der Waals surface area (Å²) < 4.78 is 43.7. The van der Waals surface area contributed by atoms with Crippen LogP contribution in [0.1, 0.15) is 47.3 Å². The van der Waals surface area contributed by atoms with Crippen LogP contribution < -0.4 is 4.90 Å². The monoisotopic (exact) mass is 329 g/mol. The van der Waals surface area contributed by atoms with Gasteiger partial charge in [0.25, 0.3) is 0 Å². The van der Waals surface area contributed by atoms with Crippen LogP contribution in [0.4, 0.5) is 19.0 Å². The first-order valence-corrected chi connectivity index (χ1v) is 7.55. The zero-order valence-electron chi connectivity index (χ0n) is 13.0. The fourth-order valence-electron chi connectivity index (χ4n) is 3.22. The van der Waals surface area contributed by atoms with Crippen molar-refractivity contribution in [3.8, 4) is 0 Å². The van der Waals surface area contributed by atoms with Crippen molar-refractivity contribution in [2.75, 3.05) is 25.1 Å². The number of rotatable bonds is 2. The van der Waals surface area contributed by atoms with E-state index in [4.69, 9.17) is 0 Å². The Morgan fingerprint density at radius 2 is 1.78 bits per heavy atom. The summed E-state index contributed by atoms with van der Waals surface area (Å²) in [5, 5.41) is 7.05. The molecule has 1 aliphatic heterocycles. The standard InChI is InChI=1S/C15H18F3N3O2/c1-9-10(13(22)23-2)12(20-19-11(9)15(16,17)18)21-7-5-14(3-4-14)6-8-21/h3-8H2,1-2H3. The van der Waals surface area contributed by atoms with Crippen LogP contribution in [0.3, 0.4) is 0 Å². The Morgan fingerprint density at radius 1 is 1.17 bits per heavy atom. The summed E-state index contributed by atoms with van der Waals surface area (Å²) >= 11 is 0. The molecule has 0 aromatic carbocycles. The lowest BCUT2D eigenvalue weighted by atomic mass is 9.93. The second kappa shape index (κ2) is 5.35. The van der Waals surface area contributed by atoms with E-state index >= 15 is 0 Å². The van der Waals surface area contributed by atoms with Crippen LogP contribution in [0.25, 0.3) is 0 Å². The maximum atomic E-state index is 13.0. The highest BCUT2D eigenvalue weighted by atomic mass is 19.4. The fourth-order valence-corrected chi connectivity index (χ4v) is 3.22. The molecule has 2 fully saturated rings. The third-order valence-electron chi connectivity index (χ3n) is 4.94. The number of carbonyl (C=O) groups excluding carboxylic acids is 1. The number of halogens is 3. The molecule has 23 heavy (non-hydrogen) atoms. The molecule has 0 bridgehead atoms. The molecule has 1 saturated carbocycles. The summed E-state index contributed by atoms with van der Waals surface area (Å²) in [6.45, 7) is 2.58. The van der Waals surface area contributed by atoms with E-state index < -0.39 is 17.8 Å². The normalized spacial score (nSPS) is 19.8. The van der Waals surface area contributed by atoms with E-state index in [-0.39, 0.29) is 16.9 Å². The summed E-state index contributed by atoms with van der Waals surface area (Å²) in [4.78, 5) is 13.9. The molecule has 1 spiro atoms. The number of carbonyl (C=O) groups is 1. The highest BCUT2D eigenvalue weighted by molar-refractivity contribution is 5.96. The van der Waals surface area contributed by atoms with Crippen molar-refractivity contribution in [3.63, 3.8) is 0 Å². The van der Waals surface area contributed by atoms with E-state index in [0.717, 1.165) is 20.0 Å². The summed E-state index contributed by atoms with van der Waals surface area (Å²) in [6, 6.07) is 0. The molecule has 2 heterocycles. The molecule has 0 unspecified atom stereocenters. The SMILES string of the molecule is COC(=O)c1c(N2CCC3(CC2)CC3)nnc(C(F)(F)F)c1C. The van der Waals surface area contributed by atoms with Crippen LogP contribution in [0.2, 0.25) is 0 Å². The van der Waals surface area contributed by atoms with Gasteiger partial charge in [-0.25, -0.2) is 4.79 Å². The van der Waals surface area contributed by atoms with Crippen molar-refractivity contribution >= 4 is 11.8 Å². The van der Waals surface area contributed by atoms with Gasteiger partial charge in [0.2, 0.25) is 0 Å². The van der Waals surface area contributed by atoms with E-state index in [9.17, 15) is 18.0 Å². The minimum atomic E-state index is -4.65. The van der Waals surface area contributed by atoms with Crippen molar-refractivity contribution in [1.29, 1.82) is 0 Å². The Kier molecular flexibility index (Phi) is 3.72. The summed E-state index contributed by atoms with van der Waals surface area (Å²) in [5.74, 6) is -0.623. The van der Waals surface area contributed by atoms with E-state index in [1.807, 2.05) is 4.90 Å². The number of nitrogens with zero attached hydrogens (tertiary/aromatic N) is 3. The quantitative estimate of drug-likeness (QED) is 0.781. The largest absolute Gasteiger partial charge is 0.465 e. The Labute approximate surface area is 131 Å². The molecule has 0 radical (unpaired) electrons. The lowest BCUT2D eigenvalue weighted by Gasteiger charge is -2.33. The number of hydrogen-bond donors (Lipinski definition) is 0. The number of ether oxygens (including phenoxy) is 1. The van der Waals surface area contributed by atoms with Crippen LogP contribution >= 0.6 is 0 Å².